The van der Waals surface area contributed by atoms with Crippen molar-refractivity contribution in [3.8, 4) is 0 Å². The number of nitrogens with zero attached hydrogens (tertiary/aromatic N) is 2. The van der Waals surface area contributed by atoms with Crippen LogP contribution in [-0.2, 0) is 0 Å². The van der Waals surface area contributed by atoms with Crippen LogP contribution >= 0.6 is 0 Å². The maximum absolute atomic E-state index is 8.92. The zero-order valence-corrected chi connectivity index (χ0v) is 13.0. The van der Waals surface area contributed by atoms with Gasteiger partial charge in [0.15, 0.2) is 0 Å². The lowest BCUT2D eigenvalue weighted by Gasteiger charge is -2.33. The molecule has 1 heterocycles. The second-order valence-electron chi connectivity index (χ2n) is 5.66. The summed E-state index contributed by atoms with van der Waals surface area (Å²) in [5.74, 6) is 0. The summed E-state index contributed by atoms with van der Waals surface area (Å²) in [6.45, 7) is 10.7. The Bertz CT molecular complexity index is 318. The highest BCUT2D eigenvalue weighted by Gasteiger charge is 2.14. The monoisotopic (exact) mass is 282 g/mol. The van der Waals surface area contributed by atoms with E-state index in [2.05, 4.69) is 28.9 Å². The van der Waals surface area contributed by atoms with Crippen LogP contribution in [0.2, 0.25) is 0 Å². The molecule has 0 aliphatic carbocycles. The van der Waals surface area contributed by atoms with Crippen LogP contribution in [-0.4, -0.2) is 72.5 Å². The van der Waals surface area contributed by atoms with Gasteiger partial charge in [-0.05, 0) is 26.7 Å². The van der Waals surface area contributed by atoms with Gasteiger partial charge in [0, 0.05) is 39.3 Å². The highest BCUT2D eigenvalue weighted by Crippen LogP contribution is 2.08. The molecule has 0 saturated carbocycles. The first-order chi connectivity index (χ1) is 9.65. The first-order valence-corrected chi connectivity index (χ1v) is 7.63. The molecule has 1 fully saturated rings. The maximum atomic E-state index is 8.92. The molecule has 0 spiro atoms. The number of hydrogen-bond donors (Lipinski definition) is 2. The molecule has 1 aliphatic rings. The van der Waals surface area contributed by atoms with Crippen molar-refractivity contribution in [1.29, 1.82) is 0 Å². The molecule has 1 aliphatic heterocycles. The second kappa shape index (κ2) is 10.1. The molecule has 0 aromatic rings. The molecular weight excluding hydrogens is 252 g/mol. The number of rotatable bonds is 8. The van der Waals surface area contributed by atoms with E-state index in [-0.39, 0.29) is 13.2 Å². The fraction of sp³-hybridized carbons (Fsp3) is 0.750. The fourth-order valence-corrected chi connectivity index (χ4v) is 2.33. The van der Waals surface area contributed by atoms with Crippen molar-refractivity contribution in [2.75, 3.05) is 52.5 Å². The van der Waals surface area contributed by atoms with Gasteiger partial charge in [0.05, 0.1) is 13.2 Å². The molecule has 0 bridgehead atoms. The third-order valence-corrected chi connectivity index (χ3v) is 3.86. The maximum Gasteiger partial charge on any atom is 0.0639 e. The van der Waals surface area contributed by atoms with Crippen molar-refractivity contribution in [3.05, 3.63) is 23.3 Å². The molecule has 1 rings (SSSR count). The molecule has 2 N–H and O–H groups in total. The average Bonchev–Trinajstić information content (AvgIpc) is 2.46. The molecule has 20 heavy (non-hydrogen) atoms. The standard InChI is InChI=1S/C16H30N2O2/c1-15(4-3-5-16(2)14-20)6-7-17-8-10-18(11-9-17)12-13-19/h5-6,19-20H,3-4,7-14H2,1-2H3/b15-6+,16-5+. The Labute approximate surface area is 123 Å². The summed E-state index contributed by atoms with van der Waals surface area (Å²) in [5, 5.41) is 17.8. The van der Waals surface area contributed by atoms with Crippen LogP contribution in [0.15, 0.2) is 23.3 Å². The van der Waals surface area contributed by atoms with Gasteiger partial charge in [-0.3, -0.25) is 9.80 Å². The quantitative estimate of drug-likeness (QED) is 0.658. The van der Waals surface area contributed by atoms with Gasteiger partial charge >= 0.3 is 0 Å². The van der Waals surface area contributed by atoms with E-state index in [0.29, 0.717) is 0 Å². The Morgan fingerprint density at radius 3 is 2.20 bits per heavy atom. The molecular formula is C16H30N2O2. The van der Waals surface area contributed by atoms with E-state index < -0.39 is 0 Å². The molecule has 1 saturated heterocycles. The SMILES string of the molecule is C/C(=C\CC/C(C)=C/CN1CCN(CCO)CC1)CO. The second-order valence-corrected chi connectivity index (χ2v) is 5.66. The van der Waals surface area contributed by atoms with E-state index in [1.807, 2.05) is 6.92 Å². The van der Waals surface area contributed by atoms with E-state index in [0.717, 1.165) is 57.7 Å². The van der Waals surface area contributed by atoms with Crippen molar-refractivity contribution in [2.45, 2.75) is 26.7 Å². The first-order valence-electron chi connectivity index (χ1n) is 7.63. The zero-order valence-electron chi connectivity index (χ0n) is 13.0. The van der Waals surface area contributed by atoms with Crippen LogP contribution in [0.1, 0.15) is 26.7 Å². The van der Waals surface area contributed by atoms with E-state index in [9.17, 15) is 0 Å². The fourth-order valence-electron chi connectivity index (χ4n) is 2.33. The van der Waals surface area contributed by atoms with Crippen molar-refractivity contribution >= 4 is 0 Å². The molecule has 0 radical (unpaired) electrons. The highest BCUT2D eigenvalue weighted by molar-refractivity contribution is 5.04. The number of piperazine rings is 1. The normalized spacial score (nSPS) is 19.6. The molecule has 0 atom stereocenters. The summed E-state index contributed by atoms with van der Waals surface area (Å²) in [6, 6.07) is 0. The number of β-amino-alcohol motifs (C(OH)–C–C–N with tert-alkyl or cyclic N) is 1. The third kappa shape index (κ3) is 7.20. The van der Waals surface area contributed by atoms with Gasteiger partial charge in [0.1, 0.15) is 0 Å². The minimum Gasteiger partial charge on any atom is -0.395 e. The number of aliphatic hydroxyl groups excluding tert-OH is 2. The Morgan fingerprint density at radius 1 is 0.950 bits per heavy atom. The van der Waals surface area contributed by atoms with Crippen molar-refractivity contribution in [2.24, 2.45) is 0 Å². The van der Waals surface area contributed by atoms with E-state index in [1.165, 1.54) is 5.57 Å². The number of allylic oxidation sites excluding steroid dienone is 2. The number of aliphatic hydroxyl groups is 2. The highest BCUT2D eigenvalue weighted by atomic mass is 16.3. The predicted octanol–water partition coefficient (Wildman–Crippen LogP) is 1.26. The summed E-state index contributed by atoms with van der Waals surface area (Å²) < 4.78 is 0. The van der Waals surface area contributed by atoms with Crippen molar-refractivity contribution in [3.63, 3.8) is 0 Å². The van der Waals surface area contributed by atoms with E-state index in [1.54, 1.807) is 0 Å². The van der Waals surface area contributed by atoms with Crippen LogP contribution in [0, 0.1) is 0 Å². The molecule has 4 heteroatoms. The van der Waals surface area contributed by atoms with Gasteiger partial charge in [-0.2, -0.15) is 0 Å². The lowest BCUT2D eigenvalue weighted by atomic mass is 10.1. The Hall–Kier alpha value is -0.680. The molecule has 116 valence electrons. The van der Waals surface area contributed by atoms with Crippen molar-refractivity contribution in [1.82, 2.24) is 9.80 Å². The Morgan fingerprint density at radius 2 is 1.60 bits per heavy atom. The first kappa shape index (κ1) is 17.4. The largest absolute Gasteiger partial charge is 0.395 e. The minimum absolute atomic E-state index is 0.168. The van der Waals surface area contributed by atoms with Gasteiger partial charge in [-0.1, -0.05) is 23.3 Å². The smallest absolute Gasteiger partial charge is 0.0639 e. The average molecular weight is 282 g/mol. The van der Waals surface area contributed by atoms with Gasteiger partial charge in [0.25, 0.3) is 0 Å². The topological polar surface area (TPSA) is 46.9 Å². The van der Waals surface area contributed by atoms with Crippen LogP contribution in [0.4, 0.5) is 0 Å². The molecule has 0 aromatic carbocycles. The van der Waals surface area contributed by atoms with Gasteiger partial charge < -0.3 is 10.2 Å². The Balaban J connectivity index is 2.20. The Kier molecular flexibility index (Phi) is 8.78. The zero-order chi connectivity index (χ0) is 14.8. The molecule has 0 unspecified atom stereocenters. The predicted molar refractivity (Wildman–Crippen MR) is 83.8 cm³/mol. The summed E-state index contributed by atoms with van der Waals surface area (Å²) >= 11 is 0. The lowest BCUT2D eigenvalue weighted by Crippen LogP contribution is -2.47. The molecule has 0 aromatic heterocycles. The van der Waals surface area contributed by atoms with E-state index >= 15 is 0 Å². The van der Waals surface area contributed by atoms with E-state index in [4.69, 9.17) is 10.2 Å². The van der Waals surface area contributed by atoms with Gasteiger partial charge in [-0.25, -0.2) is 0 Å². The molecule has 4 nitrogen and oxygen atoms in total. The van der Waals surface area contributed by atoms with Crippen LogP contribution in [0.5, 0.6) is 0 Å². The van der Waals surface area contributed by atoms with Crippen LogP contribution in [0.3, 0.4) is 0 Å². The number of hydrogen-bond acceptors (Lipinski definition) is 4. The molecule has 0 amide bonds. The van der Waals surface area contributed by atoms with Crippen molar-refractivity contribution < 1.29 is 10.2 Å². The van der Waals surface area contributed by atoms with Gasteiger partial charge in [0.2, 0.25) is 0 Å². The van der Waals surface area contributed by atoms with Crippen LogP contribution < -0.4 is 0 Å². The van der Waals surface area contributed by atoms with Gasteiger partial charge in [-0.15, -0.1) is 0 Å². The summed E-state index contributed by atoms with van der Waals surface area (Å²) in [7, 11) is 0. The third-order valence-electron chi connectivity index (χ3n) is 3.86. The summed E-state index contributed by atoms with van der Waals surface area (Å²) in [4.78, 5) is 4.78. The summed E-state index contributed by atoms with van der Waals surface area (Å²) in [5.41, 5.74) is 2.47. The lowest BCUT2D eigenvalue weighted by molar-refractivity contribution is 0.120. The van der Waals surface area contributed by atoms with Crippen LogP contribution in [0.25, 0.3) is 0 Å². The summed E-state index contributed by atoms with van der Waals surface area (Å²) in [6.07, 6.45) is 6.52. The minimum atomic E-state index is 0.168.